The lowest BCUT2D eigenvalue weighted by atomic mass is 10.1. The third-order valence-electron chi connectivity index (χ3n) is 6.57. The van der Waals surface area contributed by atoms with Crippen molar-refractivity contribution in [2.24, 2.45) is 11.8 Å². The number of aromatic nitrogens is 2. The van der Waals surface area contributed by atoms with Crippen LogP contribution in [0.4, 0.5) is 13.2 Å². The highest BCUT2D eigenvalue weighted by Crippen LogP contribution is 2.44. The summed E-state index contributed by atoms with van der Waals surface area (Å²) in [5.74, 6) is -0.914. The highest BCUT2D eigenvalue weighted by Gasteiger charge is 2.42. The molecule has 1 saturated heterocycles. The van der Waals surface area contributed by atoms with Crippen LogP contribution in [0.15, 0.2) is 24.4 Å². The summed E-state index contributed by atoms with van der Waals surface area (Å²) in [6.07, 6.45) is 1.57. The maximum atomic E-state index is 13.0. The molecule has 0 radical (unpaired) electrons. The van der Waals surface area contributed by atoms with E-state index in [4.69, 9.17) is 14.9 Å². The molecule has 2 aromatic rings. The lowest BCUT2D eigenvalue weighted by Crippen LogP contribution is -3.13. The van der Waals surface area contributed by atoms with Crippen LogP contribution in [0.3, 0.4) is 0 Å². The zero-order valence-corrected chi connectivity index (χ0v) is 19.7. The summed E-state index contributed by atoms with van der Waals surface area (Å²) in [5, 5.41) is 12.1. The Morgan fingerprint density at radius 3 is 2.23 bits per heavy atom. The van der Waals surface area contributed by atoms with Gasteiger partial charge in [0, 0.05) is 12.2 Å². The first-order chi connectivity index (χ1) is 16.4. The summed E-state index contributed by atoms with van der Waals surface area (Å²) in [6, 6.07) is 6.15. The second kappa shape index (κ2) is 9.76. The Morgan fingerprint density at radius 2 is 1.71 bits per heavy atom. The summed E-state index contributed by atoms with van der Waals surface area (Å²) in [5.41, 5.74) is 1.80. The van der Waals surface area contributed by atoms with Gasteiger partial charge < -0.3 is 20.1 Å². The Bertz CT molecular complexity index is 1180. The van der Waals surface area contributed by atoms with Crippen LogP contribution < -0.4 is 15.3 Å². The molecule has 0 bridgehead atoms. The molecule has 2 aliphatic carbocycles. The SMILES string of the molecule is O=C(NC(C1CC1)C1CC1)c1nc(C[NH+]2CCS(=O)(=O)CC2)c2ccccn12.O=C([O-])C(F)(F)F. The number of carboxylic acids is 1. The van der Waals surface area contributed by atoms with Gasteiger partial charge in [0.2, 0.25) is 5.82 Å². The number of alkyl halides is 3. The van der Waals surface area contributed by atoms with Gasteiger partial charge in [-0.1, -0.05) is 6.07 Å². The Hall–Kier alpha value is -2.67. The normalized spacial score (nSPS) is 20.3. The minimum atomic E-state index is -5.19. The van der Waals surface area contributed by atoms with E-state index >= 15 is 0 Å². The minimum Gasteiger partial charge on any atom is -0.542 e. The van der Waals surface area contributed by atoms with Gasteiger partial charge in [-0.3, -0.25) is 9.20 Å². The number of pyridine rings is 1. The number of carbonyl (C=O) groups excluding carboxylic acids is 2. The Balaban J connectivity index is 0.000000364. The summed E-state index contributed by atoms with van der Waals surface area (Å²) < 4.78 is 56.8. The molecule has 35 heavy (non-hydrogen) atoms. The first kappa shape index (κ1) is 25.4. The first-order valence-electron chi connectivity index (χ1n) is 11.5. The number of rotatable bonds is 6. The lowest BCUT2D eigenvalue weighted by molar-refractivity contribution is -0.910. The van der Waals surface area contributed by atoms with Gasteiger partial charge >= 0.3 is 6.18 Å². The lowest BCUT2D eigenvalue weighted by Gasteiger charge is -2.22. The number of imidazole rings is 1. The molecule has 0 atom stereocenters. The largest absolute Gasteiger partial charge is 0.542 e. The third-order valence-corrected chi connectivity index (χ3v) is 8.22. The van der Waals surface area contributed by atoms with Crippen molar-refractivity contribution in [2.75, 3.05) is 24.6 Å². The zero-order valence-electron chi connectivity index (χ0n) is 18.9. The fourth-order valence-corrected chi connectivity index (χ4v) is 5.78. The molecule has 3 heterocycles. The molecular formula is C22H27F3N4O5S. The number of nitrogens with one attached hydrogen (secondary N) is 2. The highest BCUT2D eigenvalue weighted by atomic mass is 32.2. The van der Waals surface area contributed by atoms with Crippen molar-refractivity contribution in [3.8, 4) is 0 Å². The van der Waals surface area contributed by atoms with Crippen LogP contribution in [0, 0.1) is 11.8 Å². The molecule has 5 rings (SSSR count). The van der Waals surface area contributed by atoms with Gasteiger partial charge in [-0.25, -0.2) is 13.4 Å². The highest BCUT2D eigenvalue weighted by molar-refractivity contribution is 7.91. The van der Waals surface area contributed by atoms with E-state index in [1.807, 2.05) is 28.8 Å². The van der Waals surface area contributed by atoms with Gasteiger partial charge in [0.15, 0.2) is 9.84 Å². The average Bonchev–Trinajstić information content (AvgIpc) is 3.71. The topological polar surface area (TPSA) is 125 Å². The summed E-state index contributed by atoms with van der Waals surface area (Å²) in [4.78, 5) is 27.7. The Morgan fingerprint density at radius 1 is 1.14 bits per heavy atom. The monoisotopic (exact) mass is 516 g/mol. The molecular weight excluding hydrogens is 489 g/mol. The number of hydrogen-bond acceptors (Lipinski definition) is 6. The quantitative estimate of drug-likeness (QED) is 0.527. The van der Waals surface area contributed by atoms with Crippen molar-refractivity contribution >= 4 is 27.2 Å². The van der Waals surface area contributed by atoms with Gasteiger partial charge in [-0.15, -0.1) is 0 Å². The van der Waals surface area contributed by atoms with Crippen LogP contribution in [0.5, 0.6) is 0 Å². The zero-order chi connectivity index (χ0) is 25.4. The minimum absolute atomic E-state index is 0.0903. The molecule has 1 aliphatic heterocycles. The number of amides is 1. The number of carbonyl (C=O) groups is 2. The summed E-state index contributed by atoms with van der Waals surface area (Å²) >= 11 is 0. The molecule has 0 unspecified atom stereocenters. The van der Waals surface area contributed by atoms with Gasteiger partial charge in [0.1, 0.15) is 18.2 Å². The molecule has 3 fully saturated rings. The van der Waals surface area contributed by atoms with Gasteiger partial charge in [-0.2, -0.15) is 13.2 Å². The summed E-state index contributed by atoms with van der Waals surface area (Å²) in [6.45, 7) is 1.84. The van der Waals surface area contributed by atoms with E-state index in [1.165, 1.54) is 30.6 Å². The Kier molecular flexibility index (Phi) is 7.09. The fourth-order valence-electron chi connectivity index (χ4n) is 4.38. The standard InChI is InChI=1S/C20H26N4O3S.C2HF3O2/c25-20(22-18(14-4-5-14)15-6-7-15)19-21-16(17-3-1-2-8-24(17)19)13-23-9-11-28(26,27)12-10-23;3-2(4,5)1(6)7/h1-3,8,14-15,18H,4-7,9-13H2,(H,22,25);(H,6,7). The van der Waals surface area contributed by atoms with Crippen LogP contribution in [-0.2, 0) is 21.2 Å². The second-order valence-electron chi connectivity index (χ2n) is 9.38. The first-order valence-corrected chi connectivity index (χ1v) is 13.4. The number of nitrogens with zero attached hydrogens (tertiary/aromatic N) is 2. The maximum Gasteiger partial charge on any atom is 0.430 e. The van der Waals surface area contributed by atoms with E-state index in [0.717, 1.165) is 11.2 Å². The molecule has 13 heteroatoms. The van der Waals surface area contributed by atoms with E-state index < -0.39 is 22.0 Å². The van der Waals surface area contributed by atoms with Gasteiger partial charge in [-0.05, 0) is 49.7 Å². The molecule has 192 valence electrons. The number of halogens is 3. The van der Waals surface area contributed by atoms with E-state index in [9.17, 15) is 26.4 Å². The Labute approximate surface area is 200 Å². The predicted octanol–water partition coefficient (Wildman–Crippen LogP) is -0.635. The van der Waals surface area contributed by atoms with Crippen molar-refractivity contribution in [3.05, 3.63) is 35.9 Å². The number of fused-ring (bicyclic) bond motifs is 1. The molecule has 2 saturated carbocycles. The van der Waals surface area contributed by atoms with Gasteiger partial charge in [0.25, 0.3) is 5.91 Å². The van der Waals surface area contributed by atoms with Crippen LogP contribution in [0.25, 0.3) is 5.52 Å². The smallest absolute Gasteiger partial charge is 0.430 e. The van der Waals surface area contributed by atoms with Crippen molar-refractivity contribution in [1.82, 2.24) is 14.7 Å². The van der Waals surface area contributed by atoms with E-state index in [2.05, 4.69) is 5.32 Å². The number of aliphatic carboxylic acids is 1. The van der Waals surface area contributed by atoms with E-state index in [-0.39, 0.29) is 17.4 Å². The van der Waals surface area contributed by atoms with Crippen molar-refractivity contribution < 1.29 is 41.2 Å². The van der Waals surface area contributed by atoms with Crippen molar-refractivity contribution in [3.63, 3.8) is 0 Å². The predicted molar refractivity (Wildman–Crippen MR) is 116 cm³/mol. The molecule has 3 aliphatic rings. The number of carboxylic acid groups (broad SMARTS) is 1. The second-order valence-corrected chi connectivity index (χ2v) is 11.7. The molecule has 2 N–H and O–H groups in total. The van der Waals surface area contributed by atoms with Crippen LogP contribution >= 0.6 is 0 Å². The molecule has 1 amide bonds. The van der Waals surface area contributed by atoms with Crippen LogP contribution in [0.2, 0.25) is 0 Å². The number of quaternary nitrogens is 1. The van der Waals surface area contributed by atoms with Crippen LogP contribution in [0.1, 0.15) is 42.0 Å². The molecule has 0 spiro atoms. The summed E-state index contributed by atoms with van der Waals surface area (Å²) in [7, 11) is -2.89. The van der Waals surface area contributed by atoms with E-state index in [0.29, 0.717) is 43.3 Å². The molecule has 0 aromatic carbocycles. The maximum absolute atomic E-state index is 13.0. The number of sulfone groups is 1. The van der Waals surface area contributed by atoms with Crippen molar-refractivity contribution in [1.29, 1.82) is 0 Å². The van der Waals surface area contributed by atoms with Crippen molar-refractivity contribution in [2.45, 2.75) is 44.4 Å². The van der Waals surface area contributed by atoms with Gasteiger partial charge in [0.05, 0.1) is 30.1 Å². The van der Waals surface area contributed by atoms with E-state index in [1.54, 1.807) is 0 Å². The molecule has 2 aromatic heterocycles. The fraction of sp³-hybridized carbons (Fsp3) is 0.591. The average molecular weight is 517 g/mol. The third kappa shape index (κ3) is 6.51. The number of hydrogen-bond donors (Lipinski definition) is 2. The van der Waals surface area contributed by atoms with Crippen LogP contribution in [-0.4, -0.2) is 66.5 Å². The molecule has 9 nitrogen and oxygen atoms in total.